The van der Waals surface area contributed by atoms with Gasteiger partial charge in [-0.05, 0) is 68.2 Å². The van der Waals surface area contributed by atoms with Gasteiger partial charge < -0.3 is 44.0 Å². The van der Waals surface area contributed by atoms with E-state index in [-0.39, 0.29) is 44.2 Å². The zero-order valence-corrected chi connectivity index (χ0v) is 33.8. The summed E-state index contributed by atoms with van der Waals surface area (Å²) in [5.74, 6) is -0.492. The van der Waals surface area contributed by atoms with Crippen molar-refractivity contribution in [1.29, 1.82) is 0 Å². The van der Waals surface area contributed by atoms with Gasteiger partial charge >= 0.3 is 18.2 Å². The molecule has 0 radical (unpaired) electrons. The first-order chi connectivity index (χ1) is 29.3. The van der Waals surface area contributed by atoms with E-state index < -0.39 is 61.6 Å². The standard InChI is InChI=1S/C44H55N5O11/c1-3-5-16-31(4-2)28-56-41(52)34(46-43(53)57-29-32-17-8-6-9-18-32)21-12-14-24-45-42-47-36(48-44(54)58-30-33-19-10-7-11-20-33)23-25-49(42)40-39(38(51)35(27-50)59-40)60-37-22-13-15-26-55-37/h3-11,16-20,23,25,34-35,37-40,50-51H,1,12-15,21-22,24,26-30H2,2H3,(H,46,53)(H,45,47,48,54)/b16-5-,31-4+/t34-,35+,37?,38+,39+,40+/m0/s1. The number of nitrogens with zero attached hydrogens (tertiary/aromatic N) is 3. The number of benzene rings is 2. The van der Waals surface area contributed by atoms with Crippen molar-refractivity contribution in [3.63, 3.8) is 0 Å². The summed E-state index contributed by atoms with van der Waals surface area (Å²) in [5, 5.41) is 26.5. The minimum Gasteiger partial charge on any atom is -0.459 e. The van der Waals surface area contributed by atoms with Crippen LogP contribution < -0.4 is 16.3 Å². The first-order valence-electron chi connectivity index (χ1n) is 20.1. The Labute approximate surface area is 349 Å². The number of allylic oxidation sites excluding steroid dienone is 3. The number of amides is 2. The molecule has 2 saturated heterocycles. The van der Waals surface area contributed by atoms with Crippen LogP contribution in [0.3, 0.4) is 0 Å². The van der Waals surface area contributed by atoms with E-state index in [1.807, 2.05) is 73.7 Å². The quantitative estimate of drug-likeness (QED) is 0.0491. The number of aromatic nitrogens is 2. The largest absolute Gasteiger partial charge is 0.459 e. The summed E-state index contributed by atoms with van der Waals surface area (Å²) in [6, 6.07) is 18.9. The molecule has 3 aromatic rings. The van der Waals surface area contributed by atoms with Crippen LogP contribution in [0.1, 0.15) is 62.8 Å². The molecule has 322 valence electrons. The molecule has 3 heterocycles. The predicted octanol–water partition coefficient (Wildman–Crippen LogP) is 5.39. The Morgan fingerprint density at radius 1 is 1.00 bits per heavy atom. The fourth-order valence-corrected chi connectivity index (χ4v) is 6.37. The maximum Gasteiger partial charge on any atom is 0.413 e. The topological polar surface area (TPSA) is 201 Å². The lowest BCUT2D eigenvalue weighted by atomic mass is 10.1. The Morgan fingerprint density at radius 2 is 1.72 bits per heavy atom. The van der Waals surface area contributed by atoms with Crippen molar-refractivity contribution >= 4 is 24.0 Å². The van der Waals surface area contributed by atoms with E-state index in [2.05, 4.69) is 22.2 Å². The zero-order valence-electron chi connectivity index (χ0n) is 33.8. The predicted molar refractivity (Wildman–Crippen MR) is 220 cm³/mol. The number of alkyl carbamates (subject to hydrolysis) is 1. The third-order valence-electron chi connectivity index (χ3n) is 9.64. The van der Waals surface area contributed by atoms with Gasteiger partial charge in [0.1, 0.15) is 50.0 Å². The van der Waals surface area contributed by atoms with Crippen LogP contribution >= 0.6 is 0 Å². The molecule has 0 bridgehead atoms. The molecule has 1 aromatic heterocycles. The number of aliphatic hydroxyl groups is 2. The molecule has 0 aliphatic carbocycles. The van der Waals surface area contributed by atoms with E-state index in [4.69, 9.17) is 33.4 Å². The van der Waals surface area contributed by atoms with E-state index in [0.29, 0.717) is 25.9 Å². The Bertz CT molecular complexity index is 1950. The van der Waals surface area contributed by atoms with Crippen LogP contribution in [0.4, 0.5) is 15.4 Å². The highest BCUT2D eigenvalue weighted by Crippen LogP contribution is 2.33. The van der Waals surface area contributed by atoms with Crippen molar-refractivity contribution in [3.8, 4) is 0 Å². The highest BCUT2D eigenvalue weighted by Gasteiger charge is 2.47. The fraction of sp³-hybridized carbons (Fsp3) is 0.432. The number of esters is 1. The van der Waals surface area contributed by atoms with Crippen molar-refractivity contribution in [2.75, 3.05) is 31.7 Å². The SMILES string of the molecule is C=C/C=C\C(=C/C)COC(=O)[C@H](CCCC/N=c1\nc(NC(=O)OCc2ccccc2)ccn1[C@@H]1O[C@H](CO)[C@@H](O)[C@H]1OC1CCCCO1)NC(=O)OCc1ccccc1. The van der Waals surface area contributed by atoms with Crippen LogP contribution in [0.5, 0.6) is 0 Å². The van der Waals surface area contributed by atoms with Crippen LogP contribution in [0.15, 0.2) is 114 Å². The number of carbonyl (C=O) groups is 3. The van der Waals surface area contributed by atoms with Gasteiger partial charge in [-0.15, -0.1) is 0 Å². The van der Waals surface area contributed by atoms with Crippen molar-refractivity contribution in [3.05, 3.63) is 126 Å². The summed E-state index contributed by atoms with van der Waals surface area (Å²) in [5.41, 5.74) is 2.47. The Morgan fingerprint density at radius 3 is 2.37 bits per heavy atom. The molecule has 16 heteroatoms. The van der Waals surface area contributed by atoms with E-state index in [9.17, 15) is 24.6 Å². The number of unbranched alkanes of at least 4 members (excludes halogenated alkanes) is 1. The van der Waals surface area contributed by atoms with Gasteiger partial charge in [0.15, 0.2) is 12.5 Å². The molecule has 2 fully saturated rings. The number of ether oxygens (including phenoxy) is 6. The number of rotatable bonds is 20. The first kappa shape index (κ1) is 45.4. The second-order valence-electron chi connectivity index (χ2n) is 14.0. The molecule has 2 aromatic carbocycles. The lowest BCUT2D eigenvalue weighted by Crippen LogP contribution is -2.42. The highest BCUT2D eigenvalue weighted by molar-refractivity contribution is 5.83. The first-order valence-corrected chi connectivity index (χ1v) is 20.1. The zero-order chi connectivity index (χ0) is 42.5. The number of aliphatic hydroxyl groups excluding tert-OH is 2. The van der Waals surface area contributed by atoms with Gasteiger partial charge in [-0.3, -0.25) is 14.9 Å². The summed E-state index contributed by atoms with van der Waals surface area (Å²) in [6.45, 7) is 5.81. The summed E-state index contributed by atoms with van der Waals surface area (Å²) in [7, 11) is 0. The number of carbonyl (C=O) groups excluding carboxylic acids is 3. The van der Waals surface area contributed by atoms with E-state index in [1.54, 1.807) is 29.0 Å². The van der Waals surface area contributed by atoms with Crippen LogP contribution in [0, 0.1) is 0 Å². The maximum atomic E-state index is 13.3. The van der Waals surface area contributed by atoms with E-state index in [1.165, 1.54) is 6.07 Å². The molecule has 4 N–H and O–H groups in total. The van der Waals surface area contributed by atoms with Crippen molar-refractivity contribution < 1.29 is 53.0 Å². The molecule has 0 saturated carbocycles. The molecule has 2 aliphatic rings. The number of hydrogen-bond acceptors (Lipinski definition) is 13. The third-order valence-corrected chi connectivity index (χ3v) is 9.64. The number of anilines is 1. The molecule has 5 rings (SSSR count). The van der Waals surface area contributed by atoms with Crippen LogP contribution in [-0.2, 0) is 46.4 Å². The van der Waals surface area contributed by atoms with Gasteiger partial charge in [0.25, 0.3) is 0 Å². The summed E-state index contributed by atoms with van der Waals surface area (Å²) in [4.78, 5) is 48.2. The molecular formula is C44H55N5O11. The van der Waals surface area contributed by atoms with Crippen molar-refractivity contribution in [2.45, 2.75) is 95.5 Å². The van der Waals surface area contributed by atoms with Gasteiger partial charge in [-0.25, -0.2) is 14.4 Å². The monoisotopic (exact) mass is 829 g/mol. The molecule has 0 spiro atoms. The molecular weight excluding hydrogens is 775 g/mol. The summed E-state index contributed by atoms with van der Waals surface area (Å²) < 4.78 is 36.0. The molecule has 1 unspecified atom stereocenters. The molecule has 6 atom stereocenters. The highest BCUT2D eigenvalue weighted by atomic mass is 16.7. The third kappa shape index (κ3) is 14.3. The minimum atomic E-state index is -1.19. The van der Waals surface area contributed by atoms with Gasteiger partial charge in [0.05, 0.1) is 6.61 Å². The van der Waals surface area contributed by atoms with Crippen LogP contribution in [0.25, 0.3) is 0 Å². The van der Waals surface area contributed by atoms with Crippen LogP contribution in [0.2, 0.25) is 0 Å². The molecule has 16 nitrogen and oxygen atoms in total. The summed E-state index contributed by atoms with van der Waals surface area (Å²) >= 11 is 0. The van der Waals surface area contributed by atoms with Gasteiger partial charge in [-0.2, -0.15) is 4.98 Å². The minimum absolute atomic E-state index is 0.00521. The smallest absolute Gasteiger partial charge is 0.413 e. The fourth-order valence-electron chi connectivity index (χ4n) is 6.37. The Balaban J connectivity index is 1.31. The maximum absolute atomic E-state index is 13.3. The lowest BCUT2D eigenvalue weighted by molar-refractivity contribution is -0.215. The molecule has 60 heavy (non-hydrogen) atoms. The average Bonchev–Trinajstić information content (AvgIpc) is 3.59. The van der Waals surface area contributed by atoms with Crippen molar-refractivity contribution in [2.24, 2.45) is 4.99 Å². The Kier molecular flexibility index (Phi) is 18.5. The van der Waals surface area contributed by atoms with E-state index in [0.717, 1.165) is 29.5 Å². The number of hydrogen-bond donors (Lipinski definition) is 4. The van der Waals surface area contributed by atoms with Crippen LogP contribution in [-0.4, -0.2) is 94.9 Å². The second kappa shape index (κ2) is 24.4. The molecule has 2 aliphatic heterocycles. The second-order valence-corrected chi connectivity index (χ2v) is 14.0. The van der Waals surface area contributed by atoms with Gasteiger partial charge in [0.2, 0.25) is 5.62 Å². The van der Waals surface area contributed by atoms with Gasteiger partial charge in [0, 0.05) is 19.3 Å². The Hall–Kier alpha value is -5.65. The number of nitrogens with one attached hydrogen (secondary N) is 2. The normalized spacial score (nSPS) is 21.3. The summed E-state index contributed by atoms with van der Waals surface area (Å²) in [6.07, 6.45) is 5.87. The average molecular weight is 830 g/mol. The lowest BCUT2D eigenvalue weighted by Gasteiger charge is -2.30. The molecule has 2 amide bonds. The van der Waals surface area contributed by atoms with Crippen molar-refractivity contribution in [1.82, 2.24) is 14.9 Å². The van der Waals surface area contributed by atoms with E-state index >= 15 is 0 Å². The van der Waals surface area contributed by atoms with Gasteiger partial charge in [-0.1, -0.05) is 91.5 Å².